The molecule has 0 bridgehead atoms. The molecule has 1 unspecified atom stereocenters. The minimum atomic E-state index is -0.431. The highest BCUT2D eigenvalue weighted by molar-refractivity contribution is 5.91. The lowest BCUT2D eigenvalue weighted by molar-refractivity contribution is 0.0476. The lowest BCUT2D eigenvalue weighted by Gasteiger charge is -2.23. The summed E-state index contributed by atoms with van der Waals surface area (Å²) in [6.07, 6.45) is 0.855. The zero-order valence-corrected chi connectivity index (χ0v) is 17.4. The van der Waals surface area contributed by atoms with Crippen LogP contribution in [-0.4, -0.2) is 48.0 Å². The number of nitrogens with zero attached hydrogens (tertiary/aromatic N) is 1. The van der Waals surface area contributed by atoms with E-state index >= 15 is 0 Å². The molecular weight excluding hydrogens is 358 g/mol. The van der Waals surface area contributed by atoms with Gasteiger partial charge in [0.2, 0.25) is 5.75 Å². The molecule has 0 spiro atoms. The van der Waals surface area contributed by atoms with E-state index in [1.54, 1.807) is 12.1 Å². The Morgan fingerprint density at radius 2 is 1.61 bits per heavy atom. The van der Waals surface area contributed by atoms with Crippen LogP contribution in [0, 0.1) is 0 Å². The van der Waals surface area contributed by atoms with Crippen molar-refractivity contribution in [2.24, 2.45) is 0 Å². The highest BCUT2D eigenvalue weighted by Gasteiger charge is 2.20. The maximum Gasteiger partial charge on any atom is 0.338 e. The SMILES string of the molecule is CCC(COC(=O)c1cc(OC)c(OC)c(OC)c1)c1ccccc1N(C)C. The Morgan fingerprint density at radius 1 is 1.00 bits per heavy atom. The van der Waals surface area contributed by atoms with Crippen LogP contribution in [0.15, 0.2) is 36.4 Å². The van der Waals surface area contributed by atoms with Gasteiger partial charge in [-0.25, -0.2) is 4.79 Å². The van der Waals surface area contributed by atoms with E-state index in [2.05, 4.69) is 24.0 Å². The quantitative estimate of drug-likeness (QED) is 0.603. The average Bonchev–Trinajstić information content (AvgIpc) is 2.72. The Balaban J connectivity index is 2.21. The summed E-state index contributed by atoms with van der Waals surface area (Å²) in [4.78, 5) is 14.7. The smallest absolute Gasteiger partial charge is 0.338 e. The number of methoxy groups -OCH3 is 3. The lowest BCUT2D eigenvalue weighted by atomic mass is 9.95. The highest BCUT2D eigenvalue weighted by Crippen LogP contribution is 2.38. The zero-order chi connectivity index (χ0) is 20.7. The standard InChI is InChI=1S/C22H29NO5/c1-7-15(17-10-8-9-11-18(17)23(2)3)14-28-22(24)16-12-19(25-4)21(27-6)20(13-16)26-5/h8-13,15H,7,14H2,1-6H3. The lowest BCUT2D eigenvalue weighted by Crippen LogP contribution is -2.17. The second kappa shape index (κ2) is 9.88. The van der Waals surface area contributed by atoms with Crippen molar-refractivity contribution in [1.29, 1.82) is 0 Å². The number of carbonyl (C=O) groups excluding carboxylic acids is 1. The topological polar surface area (TPSA) is 57.2 Å². The summed E-state index contributed by atoms with van der Waals surface area (Å²) < 4.78 is 21.5. The van der Waals surface area contributed by atoms with Gasteiger partial charge in [-0.2, -0.15) is 0 Å². The van der Waals surface area contributed by atoms with Crippen LogP contribution in [0.25, 0.3) is 0 Å². The Morgan fingerprint density at radius 3 is 2.11 bits per heavy atom. The first-order valence-electron chi connectivity index (χ1n) is 9.20. The van der Waals surface area contributed by atoms with Crippen molar-refractivity contribution in [3.05, 3.63) is 47.5 Å². The van der Waals surface area contributed by atoms with Crippen molar-refractivity contribution < 1.29 is 23.7 Å². The van der Waals surface area contributed by atoms with E-state index in [0.29, 0.717) is 22.8 Å². The minimum Gasteiger partial charge on any atom is -0.493 e. The van der Waals surface area contributed by atoms with Gasteiger partial charge in [0.25, 0.3) is 0 Å². The Bertz CT molecular complexity index is 778. The molecule has 0 N–H and O–H groups in total. The Kier molecular flexibility index (Phi) is 7.55. The molecule has 0 saturated heterocycles. The second-order valence-corrected chi connectivity index (χ2v) is 6.57. The molecule has 0 saturated carbocycles. The van der Waals surface area contributed by atoms with Gasteiger partial charge >= 0.3 is 5.97 Å². The molecule has 0 aliphatic carbocycles. The number of carbonyl (C=O) groups is 1. The molecule has 0 aliphatic heterocycles. The van der Waals surface area contributed by atoms with Crippen molar-refractivity contribution in [3.8, 4) is 17.2 Å². The zero-order valence-electron chi connectivity index (χ0n) is 17.4. The maximum atomic E-state index is 12.7. The summed E-state index contributed by atoms with van der Waals surface area (Å²) in [6.45, 7) is 2.38. The fourth-order valence-electron chi connectivity index (χ4n) is 3.13. The molecule has 6 nitrogen and oxygen atoms in total. The molecule has 6 heteroatoms. The first-order chi connectivity index (χ1) is 13.5. The van der Waals surface area contributed by atoms with Gasteiger partial charge in [0.05, 0.1) is 33.5 Å². The van der Waals surface area contributed by atoms with Crippen LogP contribution in [0.2, 0.25) is 0 Å². The molecule has 0 aromatic heterocycles. The molecule has 28 heavy (non-hydrogen) atoms. The predicted molar refractivity (Wildman–Crippen MR) is 110 cm³/mol. The minimum absolute atomic E-state index is 0.101. The van der Waals surface area contributed by atoms with Crippen LogP contribution in [0.4, 0.5) is 5.69 Å². The van der Waals surface area contributed by atoms with Gasteiger partial charge in [-0.3, -0.25) is 0 Å². The molecule has 2 aromatic rings. The van der Waals surface area contributed by atoms with E-state index in [1.165, 1.54) is 21.3 Å². The van der Waals surface area contributed by atoms with Crippen molar-refractivity contribution in [1.82, 2.24) is 0 Å². The first-order valence-corrected chi connectivity index (χ1v) is 9.20. The van der Waals surface area contributed by atoms with Gasteiger partial charge < -0.3 is 23.8 Å². The van der Waals surface area contributed by atoms with E-state index in [1.807, 2.05) is 26.2 Å². The number of para-hydroxylation sites is 1. The summed E-state index contributed by atoms with van der Waals surface area (Å²) in [6, 6.07) is 11.4. The molecular formula is C22H29NO5. The molecule has 0 radical (unpaired) electrons. The molecule has 2 rings (SSSR count). The largest absolute Gasteiger partial charge is 0.493 e. The van der Waals surface area contributed by atoms with E-state index in [9.17, 15) is 4.79 Å². The van der Waals surface area contributed by atoms with Crippen molar-refractivity contribution in [2.75, 3.05) is 46.9 Å². The summed E-state index contributed by atoms with van der Waals surface area (Å²) in [5.74, 6) is 0.940. The van der Waals surface area contributed by atoms with Crippen LogP contribution in [-0.2, 0) is 4.74 Å². The highest BCUT2D eigenvalue weighted by atomic mass is 16.5. The molecule has 0 fully saturated rings. The number of benzene rings is 2. The number of rotatable bonds is 9. The van der Waals surface area contributed by atoms with Gasteiger partial charge in [-0.15, -0.1) is 0 Å². The maximum absolute atomic E-state index is 12.7. The van der Waals surface area contributed by atoms with E-state index in [0.717, 1.165) is 17.7 Å². The molecule has 0 aliphatic rings. The van der Waals surface area contributed by atoms with Crippen LogP contribution in [0.3, 0.4) is 0 Å². The number of esters is 1. The molecule has 1 atom stereocenters. The molecule has 0 heterocycles. The summed E-state index contributed by atoms with van der Waals surface area (Å²) in [5.41, 5.74) is 2.64. The second-order valence-electron chi connectivity index (χ2n) is 6.57. The fourth-order valence-corrected chi connectivity index (χ4v) is 3.13. The molecule has 152 valence electrons. The van der Waals surface area contributed by atoms with Crippen molar-refractivity contribution in [2.45, 2.75) is 19.3 Å². The summed E-state index contributed by atoms with van der Waals surface area (Å²) in [5, 5.41) is 0. The van der Waals surface area contributed by atoms with Crippen LogP contribution < -0.4 is 19.1 Å². The van der Waals surface area contributed by atoms with Crippen LogP contribution in [0.5, 0.6) is 17.2 Å². The third-order valence-corrected chi connectivity index (χ3v) is 4.67. The monoisotopic (exact) mass is 387 g/mol. The van der Waals surface area contributed by atoms with E-state index in [4.69, 9.17) is 18.9 Å². The van der Waals surface area contributed by atoms with E-state index < -0.39 is 5.97 Å². The van der Waals surface area contributed by atoms with Crippen molar-refractivity contribution >= 4 is 11.7 Å². The van der Waals surface area contributed by atoms with Gasteiger partial charge in [-0.1, -0.05) is 25.1 Å². The fraction of sp³-hybridized carbons (Fsp3) is 0.409. The molecule has 0 amide bonds. The third-order valence-electron chi connectivity index (χ3n) is 4.67. The molecule has 2 aromatic carbocycles. The van der Waals surface area contributed by atoms with Crippen LogP contribution in [0.1, 0.15) is 35.2 Å². The number of hydrogen-bond acceptors (Lipinski definition) is 6. The summed E-state index contributed by atoms with van der Waals surface area (Å²) >= 11 is 0. The van der Waals surface area contributed by atoms with Crippen LogP contribution >= 0.6 is 0 Å². The Labute approximate surface area is 167 Å². The van der Waals surface area contributed by atoms with Gasteiger partial charge in [0.1, 0.15) is 0 Å². The number of anilines is 1. The number of ether oxygens (including phenoxy) is 4. The van der Waals surface area contributed by atoms with Gasteiger partial charge in [0, 0.05) is 25.7 Å². The van der Waals surface area contributed by atoms with Gasteiger partial charge in [-0.05, 0) is 30.2 Å². The summed E-state index contributed by atoms with van der Waals surface area (Å²) in [7, 11) is 8.56. The predicted octanol–water partition coefficient (Wildman–Crippen LogP) is 4.13. The normalized spacial score (nSPS) is 11.5. The third kappa shape index (κ3) is 4.68. The first kappa shape index (κ1) is 21.4. The average molecular weight is 387 g/mol. The van der Waals surface area contributed by atoms with Crippen molar-refractivity contribution in [3.63, 3.8) is 0 Å². The Hall–Kier alpha value is -2.89. The van der Waals surface area contributed by atoms with E-state index in [-0.39, 0.29) is 12.5 Å². The number of hydrogen-bond donors (Lipinski definition) is 0. The van der Waals surface area contributed by atoms with Gasteiger partial charge in [0.15, 0.2) is 11.5 Å².